The van der Waals surface area contributed by atoms with E-state index in [1.807, 2.05) is 44.2 Å². The van der Waals surface area contributed by atoms with E-state index in [2.05, 4.69) is 10.5 Å². The summed E-state index contributed by atoms with van der Waals surface area (Å²) in [6.45, 7) is 3.71. The van der Waals surface area contributed by atoms with E-state index in [1.54, 1.807) is 0 Å². The minimum Gasteiger partial charge on any atom is -0.481 e. The Hall–Kier alpha value is -2.28. The molecule has 0 radical (unpaired) electrons. The van der Waals surface area contributed by atoms with Crippen LogP contribution < -0.4 is 5.32 Å². The van der Waals surface area contributed by atoms with E-state index >= 15 is 0 Å². The van der Waals surface area contributed by atoms with Crippen molar-refractivity contribution < 1.29 is 19.2 Å². The Balaban J connectivity index is 1.90. The molecule has 24 heavy (non-hydrogen) atoms. The Morgan fingerprint density at radius 1 is 1.29 bits per heavy atom. The van der Waals surface area contributed by atoms with E-state index in [1.165, 1.54) is 11.8 Å². The van der Waals surface area contributed by atoms with E-state index in [0.717, 1.165) is 22.6 Å². The van der Waals surface area contributed by atoms with Crippen LogP contribution in [0.3, 0.4) is 0 Å². The minimum absolute atomic E-state index is 0.149. The first kappa shape index (κ1) is 18.1. The summed E-state index contributed by atoms with van der Waals surface area (Å²) in [7, 11) is 0. The zero-order chi connectivity index (χ0) is 17.5. The summed E-state index contributed by atoms with van der Waals surface area (Å²) >= 11 is 1.44. The standard InChI is InChI=1S/C17H20N2O4S/c1-11-14(12(2)23-19-11)9-24-10-16(20)18-15(8-17(21)22)13-6-4-3-5-7-13/h3-7,15H,8-10H2,1-2H3,(H,18,20)(H,21,22). The molecule has 1 unspecified atom stereocenters. The number of nitrogens with zero attached hydrogens (tertiary/aromatic N) is 1. The monoisotopic (exact) mass is 348 g/mol. The highest BCUT2D eigenvalue weighted by molar-refractivity contribution is 7.99. The van der Waals surface area contributed by atoms with E-state index in [9.17, 15) is 9.59 Å². The number of hydrogen-bond donors (Lipinski definition) is 2. The van der Waals surface area contributed by atoms with Gasteiger partial charge in [-0.15, -0.1) is 11.8 Å². The summed E-state index contributed by atoms with van der Waals surface area (Å²) in [5, 5.41) is 15.7. The third kappa shape index (κ3) is 5.13. The van der Waals surface area contributed by atoms with Crippen molar-refractivity contribution in [2.75, 3.05) is 5.75 Å². The molecule has 6 nitrogen and oxygen atoms in total. The lowest BCUT2D eigenvalue weighted by atomic mass is 10.0. The maximum atomic E-state index is 12.1. The summed E-state index contributed by atoms with van der Waals surface area (Å²) < 4.78 is 5.09. The molecule has 0 aliphatic carbocycles. The molecule has 0 spiro atoms. The number of carbonyl (C=O) groups is 2. The summed E-state index contributed by atoms with van der Waals surface area (Å²) in [5.41, 5.74) is 2.61. The SMILES string of the molecule is Cc1noc(C)c1CSCC(=O)NC(CC(=O)O)c1ccccc1. The maximum absolute atomic E-state index is 12.1. The van der Waals surface area contributed by atoms with Crippen molar-refractivity contribution in [2.24, 2.45) is 0 Å². The van der Waals surface area contributed by atoms with Crippen molar-refractivity contribution in [2.45, 2.75) is 32.1 Å². The topological polar surface area (TPSA) is 92.4 Å². The number of aromatic nitrogens is 1. The molecular formula is C17H20N2O4S. The van der Waals surface area contributed by atoms with Crippen LogP contribution in [0.5, 0.6) is 0 Å². The number of hydrogen-bond acceptors (Lipinski definition) is 5. The second-order valence-electron chi connectivity index (χ2n) is 5.42. The van der Waals surface area contributed by atoms with Gasteiger partial charge >= 0.3 is 5.97 Å². The Bertz CT molecular complexity index is 680. The van der Waals surface area contributed by atoms with Gasteiger partial charge in [0.15, 0.2) is 0 Å². The number of thioether (sulfide) groups is 1. The number of aliphatic carboxylic acids is 1. The second kappa shape index (κ2) is 8.54. The van der Waals surface area contributed by atoms with E-state index in [-0.39, 0.29) is 18.1 Å². The molecule has 1 aromatic heterocycles. The number of amides is 1. The van der Waals surface area contributed by atoms with Crippen molar-refractivity contribution >= 4 is 23.6 Å². The number of carbonyl (C=O) groups excluding carboxylic acids is 1. The molecule has 1 atom stereocenters. The second-order valence-corrected chi connectivity index (χ2v) is 6.41. The van der Waals surface area contributed by atoms with Crippen molar-refractivity contribution in [1.82, 2.24) is 10.5 Å². The van der Waals surface area contributed by atoms with Gasteiger partial charge in [-0.05, 0) is 19.4 Å². The van der Waals surface area contributed by atoms with Crippen LogP contribution in [0.2, 0.25) is 0 Å². The third-order valence-electron chi connectivity index (χ3n) is 3.58. The number of nitrogens with one attached hydrogen (secondary N) is 1. The Morgan fingerprint density at radius 3 is 2.58 bits per heavy atom. The molecule has 0 fully saturated rings. The Morgan fingerprint density at radius 2 is 2.00 bits per heavy atom. The molecule has 0 bridgehead atoms. The van der Waals surface area contributed by atoms with Gasteiger partial charge in [-0.1, -0.05) is 35.5 Å². The number of rotatable bonds is 8. The van der Waals surface area contributed by atoms with Gasteiger partial charge in [-0.2, -0.15) is 0 Å². The molecule has 0 saturated carbocycles. The Kier molecular flexibility index (Phi) is 6.43. The maximum Gasteiger partial charge on any atom is 0.305 e. The molecular weight excluding hydrogens is 328 g/mol. The molecule has 1 amide bonds. The highest BCUT2D eigenvalue weighted by atomic mass is 32.2. The van der Waals surface area contributed by atoms with Crippen LogP contribution in [0.4, 0.5) is 0 Å². The summed E-state index contributed by atoms with van der Waals surface area (Å²) in [6.07, 6.45) is -0.149. The van der Waals surface area contributed by atoms with Gasteiger partial charge < -0.3 is 14.9 Å². The van der Waals surface area contributed by atoms with Gasteiger partial charge in [0.2, 0.25) is 5.91 Å². The van der Waals surface area contributed by atoms with E-state index in [0.29, 0.717) is 5.75 Å². The predicted octanol–water partition coefficient (Wildman–Crippen LogP) is 2.86. The van der Waals surface area contributed by atoms with Crippen LogP contribution >= 0.6 is 11.8 Å². The van der Waals surface area contributed by atoms with Gasteiger partial charge in [0.05, 0.1) is 23.9 Å². The van der Waals surface area contributed by atoms with Crippen LogP contribution in [0.1, 0.15) is 35.0 Å². The molecule has 0 aliphatic rings. The average molecular weight is 348 g/mol. The average Bonchev–Trinajstić information content (AvgIpc) is 2.86. The lowest BCUT2D eigenvalue weighted by molar-refractivity contribution is -0.137. The fraction of sp³-hybridized carbons (Fsp3) is 0.353. The first-order chi connectivity index (χ1) is 11.5. The molecule has 128 valence electrons. The smallest absolute Gasteiger partial charge is 0.305 e. The number of carboxylic acids is 1. The number of aryl methyl sites for hydroxylation is 2. The van der Waals surface area contributed by atoms with E-state index < -0.39 is 12.0 Å². The van der Waals surface area contributed by atoms with Gasteiger partial charge in [0.1, 0.15) is 5.76 Å². The van der Waals surface area contributed by atoms with Crippen molar-refractivity contribution in [3.05, 3.63) is 52.9 Å². The predicted molar refractivity (Wildman–Crippen MR) is 91.7 cm³/mol. The third-order valence-corrected chi connectivity index (χ3v) is 4.54. The zero-order valence-electron chi connectivity index (χ0n) is 13.6. The van der Waals surface area contributed by atoms with Gasteiger partial charge in [-0.25, -0.2) is 0 Å². The molecule has 0 aliphatic heterocycles. The largest absolute Gasteiger partial charge is 0.481 e. The number of benzene rings is 1. The van der Waals surface area contributed by atoms with Crippen LogP contribution in [-0.4, -0.2) is 27.9 Å². The highest BCUT2D eigenvalue weighted by Crippen LogP contribution is 2.20. The van der Waals surface area contributed by atoms with Crippen LogP contribution in [0.15, 0.2) is 34.9 Å². The highest BCUT2D eigenvalue weighted by Gasteiger charge is 2.18. The fourth-order valence-electron chi connectivity index (χ4n) is 2.30. The van der Waals surface area contributed by atoms with Gasteiger partial charge in [0, 0.05) is 11.3 Å². The van der Waals surface area contributed by atoms with Crippen molar-refractivity contribution in [3.8, 4) is 0 Å². The van der Waals surface area contributed by atoms with Crippen molar-refractivity contribution in [3.63, 3.8) is 0 Å². The molecule has 2 N–H and O–H groups in total. The normalized spacial score (nSPS) is 11.9. The lowest BCUT2D eigenvalue weighted by Gasteiger charge is -2.17. The fourth-order valence-corrected chi connectivity index (χ4v) is 3.29. The molecule has 1 aromatic carbocycles. The quantitative estimate of drug-likeness (QED) is 0.762. The first-order valence-corrected chi connectivity index (χ1v) is 8.68. The van der Waals surface area contributed by atoms with Gasteiger partial charge in [0.25, 0.3) is 0 Å². The zero-order valence-corrected chi connectivity index (χ0v) is 14.4. The lowest BCUT2D eigenvalue weighted by Crippen LogP contribution is -2.31. The summed E-state index contributed by atoms with van der Waals surface area (Å²) in [6, 6.07) is 8.58. The molecule has 7 heteroatoms. The van der Waals surface area contributed by atoms with Crippen LogP contribution in [0, 0.1) is 13.8 Å². The van der Waals surface area contributed by atoms with Crippen LogP contribution in [0.25, 0.3) is 0 Å². The minimum atomic E-state index is -0.951. The summed E-state index contributed by atoms with van der Waals surface area (Å²) in [4.78, 5) is 23.2. The van der Waals surface area contributed by atoms with Crippen LogP contribution in [-0.2, 0) is 15.3 Å². The van der Waals surface area contributed by atoms with E-state index in [4.69, 9.17) is 9.63 Å². The van der Waals surface area contributed by atoms with Gasteiger partial charge in [-0.3, -0.25) is 9.59 Å². The Labute approximate surface area is 144 Å². The molecule has 2 aromatic rings. The number of carboxylic acid groups (broad SMARTS) is 1. The summed E-state index contributed by atoms with van der Waals surface area (Å²) in [5.74, 6) is 0.485. The molecule has 0 saturated heterocycles. The van der Waals surface area contributed by atoms with Crippen molar-refractivity contribution in [1.29, 1.82) is 0 Å². The molecule has 1 heterocycles. The first-order valence-electron chi connectivity index (χ1n) is 7.53. The molecule has 2 rings (SSSR count).